The second-order valence-electron chi connectivity index (χ2n) is 5.13. The van der Waals surface area contributed by atoms with E-state index in [2.05, 4.69) is 10.6 Å². The number of thiophene rings is 1. The zero-order valence-corrected chi connectivity index (χ0v) is 12.9. The Morgan fingerprint density at radius 2 is 2.33 bits per heavy atom. The van der Waals surface area contributed by atoms with Crippen molar-refractivity contribution in [2.45, 2.75) is 22.6 Å². The summed E-state index contributed by atoms with van der Waals surface area (Å²) in [6, 6.07) is 3.46. The number of hydrogen-bond acceptors (Lipinski definition) is 5. The van der Waals surface area contributed by atoms with Gasteiger partial charge in [0.15, 0.2) is 0 Å². The molecule has 3 rings (SSSR count). The van der Waals surface area contributed by atoms with Crippen molar-refractivity contribution >= 4 is 40.9 Å². The summed E-state index contributed by atoms with van der Waals surface area (Å²) in [5.74, 6) is 0.0314. The van der Waals surface area contributed by atoms with Gasteiger partial charge in [-0.25, -0.2) is 4.79 Å². The number of carbonyl (C=O) groups excluding carboxylic acids is 3. The topological polar surface area (TPSA) is 78.5 Å². The molecule has 0 radical (unpaired) electrons. The molecule has 2 N–H and O–H groups in total. The SMILES string of the molecule is O=C1NC(=O)C2(CCCN(C(=O)CSc3cccs3)C2)N1. The van der Waals surface area contributed by atoms with Gasteiger partial charge in [-0.3, -0.25) is 14.9 Å². The van der Waals surface area contributed by atoms with Crippen LogP contribution in [0.15, 0.2) is 21.7 Å². The first-order chi connectivity index (χ1) is 10.1. The molecule has 1 aromatic heterocycles. The average Bonchev–Trinajstić information content (AvgIpc) is 3.06. The molecule has 0 aliphatic carbocycles. The molecule has 0 bridgehead atoms. The minimum atomic E-state index is -0.932. The zero-order valence-electron chi connectivity index (χ0n) is 11.3. The summed E-state index contributed by atoms with van der Waals surface area (Å²) in [5.41, 5.74) is -0.932. The fraction of sp³-hybridized carbons (Fsp3) is 0.462. The average molecular weight is 325 g/mol. The Morgan fingerprint density at radius 3 is 3.00 bits per heavy atom. The fourth-order valence-corrected chi connectivity index (χ4v) is 4.34. The molecular formula is C13H15N3O3S2. The van der Waals surface area contributed by atoms with Crippen LogP contribution in [0.2, 0.25) is 0 Å². The van der Waals surface area contributed by atoms with Gasteiger partial charge < -0.3 is 10.2 Å². The summed E-state index contributed by atoms with van der Waals surface area (Å²) in [7, 11) is 0. The van der Waals surface area contributed by atoms with Crippen molar-refractivity contribution in [3.8, 4) is 0 Å². The number of nitrogens with one attached hydrogen (secondary N) is 2. The quantitative estimate of drug-likeness (QED) is 0.643. The maximum absolute atomic E-state index is 12.3. The first-order valence-electron chi connectivity index (χ1n) is 6.67. The van der Waals surface area contributed by atoms with Crippen LogP contribution in [0, 0.1) is 0 Å². The van der Waals surface area contributed by atoms with E-state index < -0.39 is 11.6 Å². The van der Waals surface area contributed by atoms with Crippen LogP contribution in [-0.2, 0) is 9.59 Å². The van der Waals surface area contributed by atoms with Crippen LogP contribution in [0.25, 0.3) is 0 Å². The Morgan fingerprint density at radius 1 is 1.48 bits per heavy atom. The van der Waals surface area contributed by atoms with E-state index in [0.29, 0.717) is 25.1 Å². The predicted molar refractivity (Wildman–Crippen MR) is 80.3 cm³/mol. The van der Waals surface area contributed by atoms with Crippen LogP contribution >= 0.6 is 23.1 Å². The Labute approximate surface area is 130 Å². The zero-order chi connectivity index (χ0) is 14.9. The van der Waals surface area contributed by atoms with Crippen molar-refractivity contribution in [2.75, 3.05) is 18.8 Å². The smallest absolute Gasteiger partial charge is 0.322 e. The molecule has 0 saturated carbocycles. The molecule has 1 atom stereocenters. The third-order valence-electron chi connectivity index (χ3n) is 3.69. The van der Waals surface area contributed by atoms with E-state index >= 15 is 0 Å². The fourth-order valence-electron chi connectivity index (χ4n) is 2.65. The Kier molecular flexibility index (Phi) is 3.90. The maximum Gasteiger partial charge on any atom is 0.322 e. The van der Waals surface area contributed by atoms with Crippen molar-refractivity contribution in [3.05, 3.63) is 17.5 Å². The highest BCUT2D eigenvalue weighted by Gasteiger charge is 2.49. The largest absolute Gasteiger partial charge is 0.339 e. The van der Waals surface area contributed by atoms with E-state index in [9.17, 15) is 14.4 Å². The molecule has 1 spiro atoms. The van der Waals surface area contributed by atoms with Gasteiger partial charge in [-0.2, -0.15) is 0 Å². The number of urea groups is 1. The molecule has 2 aliphatic rings. The summed E-state index contributed by atoms with van der Waals surface area (Å²) in [6.45, 7) is 0.892. The summed E-state index contributed by atoms with van der Waals surface area (Å²) < 4.78 is 1.10. The molecule has 21 heavy (non-hydrogen) atoms. The van der Waals surface area contributed by atoms with E-state index in [1.807, 2.05) is 17.5 Å². The van der Waals surface area contributed by atoms with Crippen molar-refractivity contribution in [1.29, 1.82) is 0 Å². The van der Waals surface area contributed by atoms with Crippen molar-refractivity contribution < 1.29 is 14.4 Å². The number of nitrogens with zero attached hydrogens (tertiary/aromatic N) is 1. The molecule has 6 nitrogen and oxygen atoms in total. The van der Waals surface area contributed by atoms with Crippen molar-refractivity contribution in [2.24, 2.45) is 0 Å². The van der Waals surface area contributed by atoms with E-state index in [1.54, 1.807) is 16.2 Å². The molecule has 2 aliphatic heterocycles. The summed E-state index contributed by atoms with van der Waals surface area (Å²) in [4.78, 5) is 37.2. The van der Waals surface area contributed by atoms with Crippen LogP contribution in [0.1, 0.15) is 12.8 Å². The van der Waals surface area contributed by atoms with Gasteiger partial charge in [0.2, 0.25) is 5.91 Å². The van der Waals surface area contributed by atoms with Gasteiger partial charge in [-0.05, 0) is 24.3 Å². The monoisotopic (exact) mass is 325 g/mol. The minimum absolute atomic E-state index is 0.00132. The normalized spacial score (nSPS) is 25.0. The third-order valence-corrected chi connectivity index (χ3v) is 5.81. The summed E-state index contributed by atoms with van der Waals surface area (Å²) in [5, 5.41) is 6.91. The summed E-state index contributed by atoms with van der Waals surface area (Å²) in [6.07, 6.45) is 1.29. The lowest BCUT2D eigenvalue weighted by atomic mass is 9.89. The number of likely N-dealkylation sites (tertiary alicyclic amines) is 1. The summed E-state index contributed by atoms with van der Waals surface area (Å²) >= 11 is 3.10. The van der Waals surface area contributed by atoms with Gasteiger partial charge in [0.05, 0.1) is 16.5 Å². The van der Waals surface area contributed by atoms with Gasteiger partial charge in [0.25, 0.3) is 5.91 Å². The lowest BCUT2D eigenvalue weighted by Crippen LogP contribution is -2.59. The second-order valence-corrected chi connectivity index (χ2v) is 7.35. The first kappa shape index (κ1) is 14.4. The van der Waals surface area contributed by atoms with Crippen LogP contribution in [-0.4, -0.2) is 47.1 Å². The number of rotatable bonds is 3. The minimum Gasteiger partial charge on any atom is -0.339 e. The number of carbonyl (C=O) groups is 3. The highest BCUT2D eigenvalue weighted by Crippen LogP contribution is 2.27. The third kappa shape index (κ3) is 2.91. The van der Waals surface area contributed by atoms with Crippen molar-refractivity contribution in [1.82, 2.24) is 15.5 Å². The Balaban J connectivity index is 1.62. The highest BCUT2D eigenvalue weighted by molar-refractivity contribution is 8.01. The Bertz CT molecular complexity index is 575. The maximum atomic E-state index is 12.3. The van der Waals surface area contributed by atoms with Crippen LogP contribution in [0.4, 0.5) is 4.79 Å². The molecule has 8 heteroatoms. The van der Waals surface area contributed by atoms with E-state index in [0.717, 1.165) is 4.21 Å². The molecule has 1 aromatic rings. The van der Waals surface area contributed by atoms with Gasteiger partial charge in [-0.1, -0.05) is 6.07 Å². The number of piperidine rings is 1. The van der Waals surface area contributed by atoms with E-state index in [1.165, 1.54) is 11.8 Å². The van der Waals surface area contributed by atoms with Gasteiger partial charge in [0, 0.05) is 6.54 Å². The number of hydrogen-bond donors (Lipinski definition) is 2. The standard InChI is InChI=1S/C13H15N3O3S2/c17-9(7-21-10-3-1-6-20-10)16-5-2-4-13(8-16)11(18)14-12(19)15-13/h1,3,6H,2,4-5,7-8H2,(H2,14,15,18,19). The lowest BCUT2D eigenvalue weighted by molar-refractivity contribution is -0.134. The van der Waals surface area contributed by atoms with E-state index in [4.69, 9.17) is 0 Å². The van der Waals surface area contributed by atoms with Crippen LogP contribution < -0.4 is 10.6 Å². The number of imide groups is 1. The molecule has 0 aromatic carbocycles. The molecule has 112 valence electrons. The van der Waals surface area contributed by atoms with Gasteiger partial charge in [0.1, 0.15) is 5.54 Å². The second kappa shape index (κ2) is 5.69. The van der Waals surface area contributed by atoms with E-state index in [-0.39, 0.29) is 18.4 Å². The van der Waals surface area contributed by atoms with Gasteiger partial charge >= 0.3 is 6.03 Å². The lowest BCUT2D eigenvalue weighted by Gasteiger charge is -2.38. The number of amides is 4. The molecule has 4 amide bonds. The van der Waals surface area contributed by atoms with Crippen LogP contribution in [0.3, 0.4) is 0 Å². The van der Waals surface area contributed by atoms with Gasteiger partial charge in [-0.15, -0.1) is 23.1 Å². The molecule has 2 saturated heterocycles. The predicted octanol–water partition coefficient (Wildman–Crippen LogP) is 1.04. The molecule has 3 heterocycles. The molecule has 2 fully saturated rings. The van der Waals surface area contributed by atoms with Crippen LogP contribution in [0.5, 0.6) is 0 Å². The first-order valence-corrected chi connectivity index (χ1v) is 8.53. The Hall–Kier alpha value is -1.54. The number of thioether (sulfide) groups is 1. The highest BCUT2D eigenvalue weighted by atomic mass is 32.2. The molecular weight excluding hydrogens is 310 g/mol. The van der Waals surface area contributed by atoms with Crippen molar-refractivity contribution in [3.63, 3.8) is 0 Å². The molecule has 1 unspecified atom stereocenters.